The Hall–Kier alpha value is -0.870. The Bertz CT molecular complexity index is 517. The van der Waals surface area contributed by atoms with Gasteiger partial charge in [-0.2, -0.15) is 0 Å². The molecule has 100 valence electrons. The predicted molar refractivity (Wildman–Crippen MR) is 72.9 cm³/mol. The smallest absolute Gasteiger partial charge is 0.208 e. The van der Waals surface area contributed by atoms with Gasteiger partial charge in [-0.1, -0.05) is 38.0 Å². The molecule has 1 N–H and O–H groups in total. The van der Waals surface area contributed by atoms with Gasteiger partial charge >= 0.3 is 0 Å². The summed E-state index contributed by atoms with van der Waals surface area (Å²) in [7, 11) is -3.38. The first-order valence-corrected chi connectivity index (χ1v) is 7.89. The van der Waals surface area contributed by atoms with E-state index < -0.39 is 10.0 Å². The largest absolute Gasteiger partial charge is 0.240 e. The van der Waals surface area contributed by atoms with Crippen LogP contribution in [0.3, 0.4) is 0 Å². The average molecular weight is 267 g/mol. The van der Waals surface area contributed by atoms with Crippen molar-refractivity contribution in [3.63, 3.8) is 0 Å². The molecule has 1 aliphatic rings. The van der Waals surface area contributed by atoms with Gasteiger partial charge in [0.1, 0.15) is 0 Å². The molecule has 3 nitrogen and oxygen atoms in total. The quantitative estimate of drug-likeness (QED) is 0.915. The van der Waals surface area contributed by atoms with Crippen molar-refractivity contribution >= 4 is 10.0 Å². The lowest BCUT2D eigenvalue weighted by Crippen LogP contribution is -2.41. The van der Waals surface area contributed by atoms with Crippen LogP contribution in [-0.4, -0.2) is 14.5 Å². The van der Waals surface area contributed by atoms with Crippen molar-refractivity contribution in [1.82, 2.24) is 4.72 Å². The number of nitrogens with one attached hydrogen (secondary N) is 1. The van der Waals surface area contributed by atoms with E-state index in [4.69, 9.17) is 0 Å². The molecule has 0 aromatic heterocycles. The van der Waals surface area contributed by atoms with Crippen LogP contribution in [0.15, 0.2) is 29.2 Å². The third-order valence-electron chi connectivity index (χ3n) is 3.89. The minimum absolute atomic E-state index is 0.0452. The summed E-state index contributed by atoms with van der Waals surface area (Å²) in [6, 6.07) is 7.03. The summed E-state index contributed by atoms with van der Waals surface area (Å²) in [5, 5.41) is 0. The van der Waals surface area contributed by atoms with E-state index in [1.165, 1.54) is 0 Å². The predicted octanol–water partition coefficient (Wildman–Crippen LogP) is 2.85. The number of hydrogen-bond donors (Lipinski definition) is 1. The second-order valence-electron chi connectivity index (χ2n) is 5.87. The van der Waals surface area contributed by atoms with Gasteiger partial charge in [0.25, 0.3) is 0 Å². The molecule has 1 atom stereocenters. The standard InChI is InChI=1S/C14H21NO2S/c1-11-6-8-12(9-7-11)18(16,17)15-13-5-4-10-14(13,2)3/h6-9,13,15H,4-5,10H2,1-3H3/t13-/m0/s1. The SMILES string of the molecule is Cc1ccc(S(=O)(=O)N[C@H]2CCCC2(C)C)cc1. The van der Waals surface area contributed by atoms with Gasteiger partial charge in [0, 0.05) is 6.04 Å². The summed E-state index contributed by atoms with van der Waals surface area (Å²) in [5.74, 6) is 0. The summed E-state index contributed by atoms with van der Waals surface area (Å²) < 4.78 is 27.4. The Morgan fingerprint density at radius 2 is 1.83 bits per heavy atom. The number of hydrogen-bond acceptors (Lipinski definition) is 2. The van der Waals surface area contributed by atoms with Crippen LogP contribution in [0.25, 0.3) is 0 Å². The van der Waals surface area contributed by atoms with Gasteiger partial charge in [0.2, 0.25) is 10.0 Å². The van der Waals surface area contributed by atoms with Gasteiger partial charge in [-0.25, -0.2) is 13.1 Å². The zero-order valence-corrected chi connectivity index (χ0v) is 12.0. The molecule has 2 rings (SSSR count). The highest BCUT2D eigenvalue weighted by atomic mass is 32.2. The first-order valence-electron chi connectivity index (χ1n) is 6.40. The van der Waals surface area contributed by atoms with Crippen molar-refractivity contribution in [2.24, 2.45) is 5.41 Å². The Morgan fingerprint density at radius 3 is 2.33 bits per heavy atom. The van der Waals surface area contributed by atoms with Crippen LogP contribution in [-0.2, 0) is 10.0 Å². The van der Waals surface area contributed by atoms with E-state index in [0.717, 1.165) is 24.8 Å². The molecule has 1 aromatic carbocycles. The highest BCUT2D eigenvalue weighted by Gasteiger charge is 2.37. The first-order chi connectivity index (χ1) is 8.31. The average Bonchev–Trinajstić information content (AvgIpc) is 2.58. The number of sulfonamides is 1. The minimum Gasteiger partial charge on any atom is -0.208 e. The summed E-state index contributed by atoms with van der Waals surface area (Å²) in [5.41, 5.74) is 1.12. The highest BCUT2D eigenvalue weighted by Crippen LogP contribution is 2.37. The van der Waals surface area contributed by atoms with Crippen molar-refractivity contribution in [3.05, 3.63) is 29.8 Å². The maximum absolute atomic E-state index is 12.3. The molecule has 4 heteroatoms. The van der Waals surface area contributed by atoms with Crippen LogP contribution in [0.2, 0.25) is 0 Å². The van der Waals surface area contributed by atoms with Gasteiger partial charge in [-0.3, -0.25) is 0 Å². The molecule has 0 heterocycles. The van der Waals surface area contributed by atoms with E-state index in [0.29, 0.717) is 4.90 Å². The lowest BCUT2D eigenvalue weighted by molar-refractivity contribution is 0.313. The van der Waals surface area contributed by atoms with Gasteiger partial charge < -0.3 is 0 Å². The van der Waals surface area contributed by atoms with E-state index in [9.17, 15) is 8.42 Å². The van der Waals surface area contributed by atoms with Crippen molar-refractivity contribution in [1.29, 1.82) is 0 Å². The van der Waals surface area contributed by atoms with E-state index in [-0.39, 0.29) is 11.5 Å². The molecular formula is C14H21NO2S. The maximum Gasteiger partial charge on any atom is 0.240 e. The fourth-order valence-electron chi connectivity index (χ4n) is 2.52. The zero-order chi connectivity index (χ0) is 13.4. The highest BCUT2D eigenvalue weighted by molar-refractivity contribution is 7.89. The molecule has 0 radical (unpaired) electrons. The lowest BCUT2D eigenvalue weighted by Gasteiger charge is -2.27. The summed E-state index contributed by atoms with van der Waals surface area (Å²) >= 11 is 0. The normalized spacial score (nSPS) is 23.2. The van der Waals surface area contributed by atoms with Crippen LogP contribution >= 0.6 is 0 Å². The Kier molecular flexibility index (Phi) is 3.52. The second kappa shape index (κ2) is 4.67. The lowest BCUT2D eigenvalue weighted by atomic mass is 9.88. The van der Waals surface area contributed by atoms with E-state index >= 15 is 0 Å². The van der Waals surface area contributed by atoms with Gasteiger partial charge in [-0.15, -0.1) is 0 Å². The summed E-state index contributed by atoms with van der Waals surface area (Å²) in [4.78, 5) is 0.357. The van der Waals surface area contributed by atoms with Crippen LogP contribution in [0, 0.1) is 12.3 Å². The van der Waals surface area contributed by atoms with Crippen molar-refractivity contribution in [2.75, 3.05) is 0 Å². The van der Waals surface area contributed by atoms with Crippen molar-refractivity contribution in [2.45, 2.75) is 51.0 Å². The summed E-state index contributed by atoms with van der Waals surface area (Å²) in [6.45, 7) is 6.20. The Balaban J connectivity index is 2.20. The fraction of sp³-hybridized carbons (Fsp3) is 0.571. The molecule has 0 unspecified atom stereocenters. The van der Waals surface area contributed by atoms with Crippen LogP contribution in [0.1, 0.15) is 38.7 Å². The van der Waals surface area contributed by atoms with Crippen LogP contribution in [0.4, 0.5) is 0 Å². The van der Waals surface area contributed by atoms with E-state index in [1.807, 2.05) is 19.1 Å². The monoisotopic (exact) mass is 267 g/mol. The third-order valence-corrected chi connectivity index (χ3v) is 5.37. The molecule has 1 fully saturated rings. The molecule has 1 aliphatic carbocycles. The Morgan fingerprint density at radius 1 is 1.22 bits per heavy atom. The first kappa shape index (κ1) is 13.6. The molecule has 1 saturated carbocycles. The minimum atomic E-state index is -3.38. The number of rotatable bonds is 3. The van der Waals surface area contributed by atoms with Gasteiger partial charge in [-0.05, 0) is 37.3 Å². The Labute approximate surface area is 110 Å². The molecule has 0 amide bonds. The maximum atomic E-state index is 12.3. The molecule has 0 spiro atoms. The van der Waals surface area contributed by atoms with Crippen molar-refractivity contribution in [3.8, 4) is 0 Å². The van der Waals surface area contributed by atoms with Gasteiger partial charge in [0.15, 0.2) is 0 Å². The molecule has 0 aliphatic heterocycles. The molecule has 18 heavy (non-hydrogen) atoms. The van der Waals surface area contributed by atoms with Crippen molar-refractivity contribution < 1.29 is 8.42 Å². The van der Waals surface area contributed by atoms with Gasteiger partial charge in [0.05, 0.1) is 4.90 Å². The number of benzene rings is 1. The molecule has 0 bridgehead atoms. The van der Waals surface area contributed by atoms with Crippen LogP contribution < -0.4 is 4.72 Å². The number of aryl methyl sites for hydroxylation is 1. The fourth-order valence-corrected chi connectivity index (χ4v) is 3.96. The zero-order valence-electron chi connectivity index (χ0n) is 11.2. The van der Waals surface area contributed by atoms with E-state index in [2.05, 4.69) is 18.6 Å². The summed E-state index contributed by atoms with van der Waals surface area (Å²) in [6.07, 6.45) is 3.10. The topological polar surface area (TPSA) is 46.2 Å². The third kappa shape index (κ3) is 2.75. The second-order valence-corrected chi connectivity index (χ2v) is 7.58. The molecule has 0 saturated heterocycles. The van der Waals surface area contributed by atoms with Crippen LogP contribution in [0.5, 0.6) is 0 Å². The molecule has 1 aromatic rings. The van der Waals surface area contributed by atoms with E-state index in [1.54, 1.807) is 12.1 Å². The molecular weight excluding hydrogens is 246 g/mol.